The topological polar surface area (TPSA) is 50.8 Å². The van der Waals surface area contributed by atoms with E-state index in [0.717, 1.165) is 32.1 Å². The van der Waals surface area contributed by atoms with E-state index in [4.69, 9.17) is 9.47 Å². The molecular weight excluding hydrogens is 384 g/mol. The van der Waals surface area contributed by atoms with E-state index in [0.29, 0.717) is 12.3 Å². The van der Waals surface area contributed by atoms with Crippen molar-refractivity contribution in [2.75, 3.05) is 45.7 Å². The molecule has 2 aromatic rings. The van der Waals surface area contributed by atoms with Crippen molar-refractivity contribution in [3.63, 3.8) is 0 Å². The van der Waals surface area contributed by atoms with E-state index in [1.165, 1.54) is 21.6 Å². The SMILES string of the molecule is COc1ccc([C@H](CNC(=O)CSc2cc(C)ccc2C)N2CCOCC2)cc1. The van der Waals surface area contributed by atoms with Gasteiger partial charge in [0.2, 0.25) is 5.91 Å². The van der Waals surface area contributed by atoms with Gasteiger partial charge in [0.25, 0.3) is 0 Å². The van der Waals surface area contributed by atoms with Crippen LogP contribution in [0.1, 0.15) is 22.7 Å². The molecule has 156 valence electrons. The normalized spacial score (nSPS) is 15.7. The quantitative estimate of drug-likeness (QED) is 0.669. The fourth-order valence-corrected chi connectivity index (χ4v) is 4.39. The second kappa shape index (κ2) is 10.7. The van der Waals surface area contributed by atoms with E-state index in [2.05, 4.69) is 54.4 Å². The maximum Gasteiger partial charge on any atom is 0.230 e. The van der Waals surface area contributed by atoms with Crippen LogP contribution in [-0.2, 0) is 9.53 Å². The highest BCUT2D eigenvalue weighted by atomic mass is 32.2. The average Bonchev–Trinajstić information content (AvgIpc) is 2.75. The van der Waals surface area contributed by atoms with Crippen molar-refractivity contribution in [1.82, 2.24) is 10.2 Å². The standard InChI is InChI=1S/C23H30N2O3S/c1-17-4-5-18(2)22(14-17)29-16-23(26)24-15-21(25-10-12-28-13-11-25)19-6-8-20(27-3)9-7-19/h4-9,14,21H,10-13,15-16H2,1-3H3,(H,24,26)/t21-/m0/s1. The van der Waals surface area contributed by atoms with E-state index >= 15 is 0 Å². The van der Waals surface area contributed by atoms with Crippen molar-refractivity contribution in [2.45, 2.75) is 24.8 Å². The second-order valence-corrected chi connectivity index (χ2v) is 8.32. The van der Waals surface area contributed by atoms with Gasteiger partial charge in [-0.25, -0.2) is 0 Å². The predicted molar refractivity (Wildman–Crippen MR) is 118 cm³/mol. The first-order chi connectivity index (χ1) is 14.1. The molecule has 29 heavy (non-hydrogen) atoms. The number of amides is 1. The number of ether oxygens (including phenoxy) is 2. The van der Waals surface area contributed by atoms with Gasteiger partial charge in [0.15, 0.2) is 0 Å². The highest BCUT2D eigenvalue weighted by Gasteiger charge is 2.23. The summed E-state index contributed by atoms with van der Waals surface area (Å²) in [6, 6.07) is 14.6. The molecule has 2 aromatic carbocycles. The zero-order valence-corrected chi connectivity index (χ0v) is 18.3. The lowest BCUT2D eigenvalue weighted by Crippen LogP contribution is -2.44. The third-order valence-electron chi connectivity index (χ3n) is 5.18. The van der Waals surface area contributed by atoms with E-state index in [-0.39, 0.29) is 11.9 Å². The van der Waals surface area contributed by atoms with Gasteiger partial charge >= 0.3 is 0 Å². The van der Waals surface area contributed by atoms with Gasteiger partial charge in [-0.15, -0.1) is 11.8 Å². The molecule has 0 bridgehead atoms. The van der Waals surface area contributed by atoms with Gasteiger partial charge in [0.1, 0.15) is 5.75 Å². The summed E-state index contributed by atoms with van der Waals surface area (Å²) in [4.78, 5) is 16.1. The van der Waals surface area contributed by atoms with Crippen LogP contribution >= 0.6 is 11.8 Å². The predicted octanol–water partition coefficient (Wildman–Crippen LogP) is 3.59. The van der Waals surface area contributed by atoms with Crippen molar-refractivity contribution >= 4 is 17.7 Å². The van der Waals surface area contributed by atoms with Crippen molar-refractivity contribution in [2.24, 2.45) is 0 Å². The fourth-order valence-electron chi connectivity index (χ4n) is 3.44. The number of rotatable bonds is 8. The van der Waals surface area contributed by atoms with Crippen LogP contribution in [-0.4, -0.2) is 56.5 Å². The number of carbonyl (C=O) groups excluding carboxylic acids is 1. The minimum Gasteiger partial charge on any atom is -0.497 e. The Kier molecular flexibility index (Phi) is 7.98. The number of methoxy groups -OCH3 is 1. The van der Waals surface area contributed by atoms with Gasteiger partial charge in [0, 0.05) is 24.5 Å². The zero-order valence-electron chi connectivity index (χ0n) is 17.4. The summed E-state index contributed by atoms with van der Waals surface area (Å²) in [5.41, 5.74) is 3.60. The van der Waals surface area contributed by atoms with Crippen molar-refractivity contribution in [3.8, 4) is 5.75 Å². The van der Waals surface area contributed by atoms with Gasteiger partial charge in [0.05, 0.1) is 32.1 Å². The first kappa shape index (κ1) is 21.7. The fraction of sp³-hybridized carbons (Fsp3) is 0.435. The Morgan fingerprint density at radius 1 is 1.17 bits per heavy atom. The van der Waals surface area contributed by atoms with Crippen LogP contribution in [0.5, 0.6) is 5.75 Å². The highest BCUT2D eigenvalue weighted by molar-refractivity contribution is 8.00. The number of morpholine rings is 1. The molecule has 0 aliphatic carbocycles. The van der Waals surface area contributed by atoms with Crippen LogP contribution in [0.15, 0.2) is 47.4 Å². The van der Waals surface area contributed by atoms with E-state index in [1.54, 1.807) is 18.9 Å². The smallest absolute Gasteiger partial charge is 0.230 e. The Balaban J connectivity index is 1.61. The van der Waals surface area contributed by atoms with Gasteiger partial charge in [-0.1, -0.05) is 29.8 Å². The molecule has 1 aliphatic heterocycles. The Labute approximate surface area is 177 Å². The number of nitrogens with zero attached hydrogens (tertiary/aromatic N) is 1. The van der Waals surface area contributed by atoms with E-state index in [9.17, 15) is 4.79 Å². The summed E-state index contributed by atoms with van der Waals surface area (Å²) < 4.78 is 10.8. The van der Waals surface area contributed by atoms with Crippen molar-refractivity contribution in [1.29, 1.82) is 0 Å². The number of hydrogen-bond acceptors (Lipinski definition) is 5. The number of thioether (sulfide) groups is 1. The molecule has 1 heterocycles. The maximum atomic E-state index is 12.5. The number of nitrogens with one attached hydrogen (secondary N) is 1. The molecule has 3 rings (SSSR count). The molecule has 0 spiro atoms. The van der Waals surface area contributed by atoms with Gasteiger partial charge in [-0.3, -0.25) is 9.69 Å². The monoisotopic (exact) mass is 414 g/mol. The van der Waals surface area contributed by atoms with Crippen LogP contribution < -0.4 is 10.1 Å². The summed E-state index contributed by atoms with van der Waals surface area (Å²) in [6.45, 7) is 7.92. The van der Waals surface area contributed by atoms with Gasteiger partial charge in [-0.05, 0) is 43.2 Å². The zero-order chi connectivity index (χ0) is 20.6. The minimum absolute atomic E-state index is 0.0580. The number of hydrogen-bond donors (Lipinski definition) is 1. The maximum absolute atomic E-state index is 12.5. The molecule has 6 heteroatoms. The third kappa shape index (κ3) is 6.23. The van der Waals surface area contributed by atoms with Crippen LogP contribution in [0, 0.1) is 13.8 Å². The summed E-state index contributed by atoms with van der Waals surface area (Å²) in [7, 11) is 1.67. The highest BCUT2D eigenvalue weighted by Crippen LogP contribution is 2.25. The first-order valence-electron chi connectivity index (χ1n) is 9.99. The van der Waals surface area contributed by atoms with Gasteiger partial charge in [-0.2, -0.15) is 0 Å². The lowest BCUT2D eigenvalue weighted by Gasteiger charge is -2.35. The summed E-state index contributed by atoms with van der Waals surface area (Å²) in [6.07, 6.45) is 0. The van der Waals surface area contributed by atoms with Crippen molar-refractivity contribution < 1.29 is 14.3 Å². The molecule has 1 amide bonds. The molecule has 1 fully saturated rings. The van der Waals surface area contributed by atoms with Crippen LogP contribution in [0.2, 0.25) is 0 Å². The molecule has 0 radical (unpaired) electrons. The number of carbonyl (C=O) groups is 1. The van der Waals surface area contributed by atoms with Gasteiger partial charge < -0.3 is 14.8 Å². The summed E-state index contributed by atoms with van der Waals surface area (Å²) in [5, 5.41) is 3.14. The third-order valence-corrected chi connectivity index (χ3v) is 6.34. The van der Waals surface area contributed by atoms with Crippen LogP contribution in [0.4, 0.5) is 0 Å². The number of aryl methyl sites for hydroxylation is 2. The number of benzene rings is 2. The lowest BCUT2D eigenvalue weighted by atomic mass is 10.0. The molecule has 5 nitrogen and oxygen atoms in total. The van der Waals surface area contributed by atoms with Crippen LogP contribution in [0.3, 0.4) is 0 Å². The lowest BCUT2D eigenvalue weighted by molar-refractivity contribution is -0.118. The van der Waals surface area contributed by atoms with E-state index in [1.807, 2.05) is 12.1 Å². The molecule has 1 N–H and O–H groups in total. The minimum atomic E-state index is 0.0580. The first-order valence-corrected chi connectivity index (χ1v) is 11.0. The molecule has 0 aromatic heterocycles. The summed E-state index contributed by atoms with van der Waals surface area (Å²) in [5.74, 6) is 1.31. The summed E-state index contributed by atoms with van der Waals surface area (Å²) >= 11 is 1.60. The Morgan fingerprint density at radius 3 is 2.59 bits per heavy atom. The Bertz CT molecular complexity index is 804. The molecule has 0 saturated carbocycles. The molecule has 1 atom stereocenters. The second-order valence-electron chi connectivity index (χ2n) is 7.30. The average molecular weight is 415 g/mol. The van der Waals surface area contributed by atoms with E-state index < -0.39 is 0 Å². The Morgan fingerprint density at radius 2 is 1.90 bits per heavy atom. The molecule has 1 aliphatic rings. The molecule has 0 unspecified atom stereocenters. The largest absolute Gasteiger partial charge is 0.497 e. The Hall–Kier alpha value is -2.02. The van der Waals surface area contributed by atoms with Crippen LogP contribution in [0.25, 0.3) is 0 Å². The van der Waals surface area contributed by atoms with Crippen molar-refractivity contribution in [3.05, 3.63) is 59.2 Å². The molecule has 1 saturated heterocycles. The molecular formula is C23H30N2O3S.